The molecule has 1 aromatic heterocycles. The van der Waals surface area contributed by atoms with Gasteiger partial charge in [0.1, 0.15) is 11.6 Å². The SMILES string of the molecule is CSc1ccccc1NC(=O)CSc1nc(N)cc(N)n1. The third-order valence-corrected chi connectivity index (χ3v) is 4.10. The van der Waals surface area contributed by atoms with Crippen molar-refractivity contribution in [2.24, 2.45) is 0 Å². The number of anilines is 3. The normalized spacial score (nSPS) is 10.3. The number of thioether (sulfide) groups is 2. The minimum Gasteiger partial charge on any atom is -0.383 e. The number of carbonyl (C=O) groups excluding carboxylic acids is 1. The topological polar surface area (TPSA) is 107 Å². The zero-order valence-corrected chi connectivity index (χ0v) is 13.0. The summed E-state index contributed by atoms with van der Waals surface area (Å²) in [6.45, 7) is 0. The quantitative estimate of drug-likeness (QED) is 0.572. The van der Waals surface area contributed by atoms with E-state index in [2.05, 4.69) is 15.3 Å². The first-order valence-corrected chi connectivity index (χ1v) is 8.25. The molecule has 0 saturated heterocycles. The molecule has 2 aromatic rings. The van der Waals surface area contributed by atoms with Crippen LogP contribution in [-0.2, 0) is 4.79 Å². The van der Waals surface area contributed by atoms with Gasteiger partial charge in [0.2, 0.25) is 5.91 Å². The number of nitrogens with two attached hydrogens (primary N) is 2. The van der Waals surface area contributed by atoms with Crippen LogP contribution in [0.15, 0.2) is 40.4 Å². The van der Waals surface area contributed by atoms with Gasteiger partial charge in [-0.25, -0.2) is 9.97 Å². The van der Waals surface area contributed by atoms with Crippen LogP contribution >= 0.6 is 23.5 Å². The minimum absolute atomic E-state index is 0.133. The molecule has 2 rings (SSSR count). The molecule has 0 aliphatic heterocycles. The summed E-state index contributed by atoms with van der Waals surface area (Å²) >= 11 is 2.77. The van der Waals surface area contributed by atoms with Crippen molar-refractivity contribution in [2.45, 2.75) is 10.1 Å². The molecule has 0 atom stereocenters. The first-order valence-electron chi connectivity index (χ1n) is 6.04. The summed E-state index contributed by atoms with van der Waals surface area (Å²) in [4.78, 5) is 21.0. The lowest BCUT2D eigenvalue weighted by Crippen LogP contribution is -2.15. The summed E-state index contributed by atoms with van der Waals surface area (Å²) < 4.78 is 0. The van der Waals surface area contributed by atoms with Crippen LogP contribution in [0.25, 0.3) is 0 Å². The number of rotatable bonds is 5. The third kappa shape index (κ3) is 4.54. The Morgan fingerprint density at radius 1 is 1.24 bits per heavy atom. The van der Waals surface area contributed by atoms with Gasteiger partial charge in [-0.1, -0.05) is 23.9 Å². The fraction of sp³-hybridized carbons (Fsp3) is 0.154. The lowest BCUT2D eigenvalue weighted by molar-refractivity contribution is -0.113. The molecule has 6 nitrogen and oxygen atoms in total. The Bertz CT molecular complexity index is 630. The Balaban J connectivity index is 1.96. The van der Waals surface area contributed by atoms with Gasteiger partial charge in [0.25, 0.3) is 0 Å². The average molecular weight is 321 g/mol. The van der Waals surface area contributed by atoms with Gasteiger partial charge in [-0.15, -0.1) is 11.8 Å². The molecule has 0 bridgehead atoms. The predicted molar refractivity (Wildman–Crippen MR) is 88.4 cm³/mol. The molecule has 1 amide bonds. The molecule has 110 valence electrons. The molecule has 21 heavy (non-hydrogen) atoms. The minimum atomic E-state index is -0.133. The number of nitrogens with zero attached hydrogens (tertiary/aromatic N) is 2. The Kier molecular flexibility index (Phi) is 5.29. The van der Waals surface area contributed by atoms with Crippen molar-refractivity contribution in [3.8, 4) is 0 Å². The summed E-state index contributed by atoms with van der Waals surface area (Å²) in [5, 5.41) is 3.25. The van der Waals surface area contributed by atoms with E-state index in [0.29, 0.717) is 5.16 Å². The summed E-state index contributed by atoms with van der Waals surface area (Å²) in [7, 11) is 0. The van der Waals surface area contributed by atoms with E-state index in [4.69, 9.17) is 11.5 Å². The second kappa shape index (κ2) is 7.19. The molecule has 0 radical (unpaired) electrons. The smallest absolute Gasteiger partial charge is 0.234 e. The van der Waals surface area contributed by atoms with Gasteiger partial charge in [0.15, 0.2) is 5.16 Å². The number of hydrogen-bond donors (Lipinski definition) is 3. The van der Waals surface area contributed by atoms with Crippen LogP contribution < -0.4 is 16.8 Å². The molecular formula is C13H15N5OS2. The number of para-hydroxylation sites is 1. The molecule has 0 spiro atoms. The van der Waals surface area contributed by atoms with E-state index in [1.54, 1.807) is 11.8 Å². The van der Waals surface area contributed by atoms with E-state index in [1.165, 1.54) is 17.8 Å². The van der Waals surface area contributed by atoms with Crippen molar-refractivity contribution in [2.75, 3.05) is 28.8 Å². The van der Waals surface area contributed by atoms with E-state index in [1.807, 2.05) is 30.5 Å². The van der Waals surface area contributed by atoms with Crippen LogP contribution in [0.2, 0.25) is 0 Å². The summed E-state index contributed by atoms with van der Waals surface area (Å²) in [5.74, 6) is 0.633. The number of benzene rings is 1. The summed E-state index contributed by atoms with van der Waals surface area (Å²) in [6, 6.07) is 9.10. The number of nitrogens with one attached hydrogen (secondary N) is 1. The summed E-state index contributed by atoms with van der Waals surface area (Å²) in [6.07, 6.45) is 1.96. The maximum absolute atomic E-state index is 12.0. The monoisotopic (exact) mass is 321 g/mol. The van der Waals surface area contributed by atoms with Crippen molar-refractivity contribution in [1.29, 1.82) is 0 Å². The average Bonchev–Trinajstić information content (AvgIpc) is 2.45. The Labute approximate surface area is 131 Å². The van der Waals surface area contributed by atoms with Gasteiger partial charge in [0, 0.05) is 11.0 Å². The second-order valence-electron chi connectivity index (χ2n) is 4.04. The lowest BCUT2D eigenvalue weighted by atomic mass is 10.3. The van der Waals surface area contributed by atoms with E-state index in [0.717, 1.165) is 10.6 Å². The predicted octanol–water partition coefficient (Wildman–Crippen LogP) is 2.09. The molecule has 0 aliphatic rings. The van der Waals surface area contributed by atoms with E-state index in [9.17, 15) is 4.79 Å². The standard InChI is InChI=1S/C13H15N5OS2/c1-20-9-5-3-2-4-8(9)16-12(19)7-21-13-17-10(14)6-11(15)18-13/h2-6H,7H2,1H3,(H,16,19)(H4,14,15,17,18). The molecule has 0 unspecified atom stereocenters. The number of aromatic nitrogens is 2. The van der Waals surface area contributed by atoms with Crippen LogP contribution in [0, 0.1) is 0 Å². The number of carbonyl (C=O) groups is 1. The van der Waals surface area contributed by atoms with E-state index >= 15 is 0 Å². The molecule has 0 fully saturated rings. The van der Waals surface area contributed by atoms with Crippen molar-refractivity contribution >= 4 is 46.8 Å². The lowest BCUT2D eigenvalue weighted by Gasteiger charge is -2.08. The molecule has 0 aliphatic carbocycles. The maximum atomic E-state index is 12.0. The molecule has 5 N–H and O–H groups in total. The zero-order valence-electron chi connectivity index (χ0n) is 11.4. The van der Waals surface area contributed by atoms with E-state index in [-0.39, 0.29) is 23.3 Å². The fourth-order valence-electron chi connectivity index (χ4n) is 1.59. The maximum Gasteiger partial charge on any atom is 0.234 e. The highest BCUT2D eigenvalue weighted by Gasteiger charge is 2.08. The Morgan fingerprint density at radius 3 is 2.57 bits per heavy atom. The molecule has 8 heteroatoms. The first-order chi connectivity index (χ1) is 10.1. The van der Waals surface area contributed by atoms with Gasteiger partial charge >= 0.3 is 0 Å². The molecule has 0 saturated carbocycles. The van der Waals surface area contributed by atoms with E-state index < -0.39 is 0 Å². The molecule has 1 aromatic carbocycles. The van der Waals surface area contributed by atoms with Gasteiger partial charge in [0.05, 0.1) is 11.4 Å². The van der Waals surface area contributed by atoms with Crippen LogP contribution in [-0.4, -0.2) is 27.9 Å². The van der Waals surface area contributed by atoms with Crippen molar-refractivity contribution in [1.82, 2.24) is 9.97 Å². The fourth-order valence-corrected chi connectivity index (χ4v) is 2.82. The largest absolute Gasteiger partial charge is 0.383 e. The van der Waals surface area contributed by atoms with Crippen molar-refractivity contribution < 1.29 is 4.79 Å². The Hall–Kier alpha value is -1.93. The highest BCUT2D eigenvalue weighted by molar-refractivity contribution is 7.99. The highest BCUT2D eigenvalue weighted by Crippen LogP contribution is 2.25. The van der Waals surface area contributed by atoms with Crippen LogP contribution in [0.4, 0.5) is 17.3 Å². The highest BCUT2D eigenvalue weighted by atomic mass is 32.2. The number of nitrogen functional groups attached to an aromatic ring is 2. The molecule has 1 heterocycles. The van der Waals surface area contributed by atoms with Crippen LogP contribution in [0.3, 0.4) is 0 Å². The number of amides is 1. The van der Waals surface area contributed by atoms with Crippen molar-refractivity contribution in [3.63, 3.8) is 0 Å². The first kappa shape index (κ1) is 15.5. The zero-order chi connectivity index (χ0) is 15.2. The Morgan fingerprint density at radius 2 is 1.90 bits per heavy atom. The molecular weight excluding hydrogens is 306 g/mol. The van der Waals surface area contributed by atoms with Gasteiger partial charge in [-0.2, -0.15) is 0 Å². The number of hydrogen-bond acceptors (Lipinski definition) is 7. The third-order valence-electron chi connectivity index (χ3n) is 2.46. The van der Waals surface area contributed by atoms with Gasteiger partial charge in [-0.05, 0) is 18.4 Å². The summed E-state index contributed by atoms with van der Waals surface area (Å²) in [5.41, 5.74) is 12.0. The van der Waals surface area contributed by atoms with Gasteiger partial charge < -0.3 is 16.8 Å². The van der Waals surface area contributed by atoms with Crippen LogP contribution in [0.5, 0.6) is 0 Å². The van der Waals surface area contributed by atoms with Crippen molar-refractivity contribution in [3.05, 3.63) is 30.3 Å². The van der Waals surface area contributed by atoms with Gasteiger partial charge in [-0.3, -0.25) is 4.79 Å². The second-order valence-corrected chi connectivity index (χ2v) is 5.83. The van der Waals surface area contributed by atoms with Crippen LogP contribution in [0.1, 0.15) is 0 Å².